The molecule has 1 amide bonds. The quantitative estimate of drug-likeness (QED) is 0.712. The summed E-state index contributed by atoms with van der Waals surface area (Å²) in [7, 11) is 0. The second-order valence-electron chi connectivity index (χ2n) is 4.71. The van der Waals surface area contributed by atoms with Crippen LogP contribution >= 0.6 is 0 Å². The Hall–Kier alpha value is -1.62. The van der Waals surface area contributed by atoms with Gasteiger partial charge < -0.3 is 16.2 Å². The molecule has 5 heteroatoms. The summed E-state index contributed by atoms with van der Waals surface area (Å²) in [6, 6.07) is 2.36. The van der Waals surface area contributed by atoms with Crippen molar-refractivity contribution >= 4 is 11.6 Å². The number of aryl methyl sites for hydroxylation is 1. The van der Waals surface area contributed by atoms with Crippen LogP contribution in [0.2, 0.25) is 0 Å². The van der Waals surface area contributed by atoms with Gasteiger partial charge in [0.2, 0.25) is 0 Å². The topological polar surface area (TPSA) is 75.4 Å². The Morgan fingerprint density at radius 2 is 2.11 bits per heavy atom. The van der Waals surface area contributed by atoms with Gasteiger partial charge in [-0.2, -0.15) is 0 Å². The molecular formula is C13H19FN2O2. The van der Waals surface area contributed by atoms with Gasteiger partial charge in [0.15, 0.2) is 0 Å². The molecule has 0 spiro atoms. The van der Waals surface area contributed by atoms with Crippen molar-refractivity contribution in [2.75, 3.05) is 12.3 Å². The molecule has 0 heterocycles. The summed E-state index contributed by atoms with van der Waals surface area (Å²) >= 11 is 0. The van der Waals surface area contributed by atoms with Crippen molar-refractivity contribution in [3.63, 3.8) is 0 Å². The van der Waals surface area contributed by atoms with Crippen LogP contribution in [-0.2, 0) is 0 Å². The highest BCUT2D eigenvalue weighted by atomic mass is 19.1. The van der Waals surface area contributed by atoms with Gasteiger partial charge in [-0.05, 0) is 30.5 Å². The Balaban J connectivity index is 2.97. The van der Waals surface area contributed by atoms with Crippen LogP contribution in [0.15, 0.2) is 12.1 Å². The lowest BCUT2D eigenvalue weighted by molar-refractivity contribution is 0.0892. The van der Waals surface area contributed by atoms with Crippen LogP contribution in [0.3, 0.4) is 0 Å². The maximum Gasteiger partial charge on any atom is 0.254 e. The summed E-state index contributed by atoms with van der Waals surface area (Å²) in [6.07, 6.45) is 0. The Morgan fingerprint density at radius 1 is 1.50 bits per heavy atom. The Kier molecular flexibility index (Phi) is 4.67. The molecule has 4 N–H and O–H groups in total. The van der Waals surface area contributed by atoms with E-state index in [9.17, 15) is 9.18 Å². The standard InChI is InChI=1S/C13H19FN2O2/c1-7(2)11(6-17)16-13(18)10-5-9(15)4-8(3)12(10)14/h4-5,7,11,17H,6,15H2,1-3H3,(H,16,18)/t11-/m1/s1. The van der Waals surface area contributed by atoms with E-state index >= 15 is 0 Å². The number of carbonyl (C=O) groups is 1. The molecule has 0 unspecified atom stereocenters. The van der Waals surface area contributed by atoms with E-state index in [-0.39, 0.29) is 18.1 Å². The number of carbonyl (C=O) groups excluding carboxylic acids is 1. The molecule has 0 aliphatic heterocycles. The van der Waals surface area contributed by atoms with E-state index < -0.39 is 17.8 Å². The van der Waals surface area contributed by atoms with Crippen molar-refractivity contribution in [1.82, 2.24) is 5.32 Å². The summed E-state index contributed by atoms with van der Waals surface area (Å²) in [5, 5.41) is 11.7. The van der Waals surface area contributed by atoms with E-state index in [1.54, 1.807) is 6.92 Å². The van der Waals surface area contributed by atoms with Crippen LogP contribution in [0.1, 0.15) is 29.8 Å². The number of anilines is 1. The van der Waals surface area contributed by atoms with Gasteiger partial charge in [-0.25, -0.2) is 4.39 Å². The Bertz CT molecular complexity index is 447. The Labute approximate surface area is 106 Å². The van der Waals surface area contributed by atoms with Gasteiger partial charge in [-0.15, -0.1) is 0 Å². The highest BCUT2D eigenvalue weighted by Gasteiger charge is 2.19. The zero-order chi connectivity index (χ0) is 13.9. The van der Waals surface area contributed by atoms with Crippen molar-refractivity contribution in [1.29, 1.82) is 0 Å². The third-order valence-electron chi connectivity index (χ3n) is 2.84. The molecule has 0 aliphatic rings. The lowest BCUT2D eigenvalue weighted by Gasteiger charge is -2.20. The van der Waals surface area contributed by atoms with E-state index in [1.807, 2.05) is 13.8 Å². The van der Waals surface area contributed by atoms with Crippen LogP contribution in [0.5, 0.6) is 0 Å². The van der Waals surface area contributed by atoms with Gasteiger partial charge in [0.1, 0.15) is 5.82 Å². The van der Waals surface area contributed by atoms with Crippen molar-refractivity contribution in [3.8, 4) is 0 Å². The SMILES string of the molecule is Cc1cc(N)cc(C(=O)N[C@H](CO)C(C)C)c1F. The molecule has 1 aromatic carbocycles. The lowest BCUT2D eigenvalue weighted by atomic mass is 10.0. The number of nitrogen functional groups attached to an aromatic ring is 1. The van der Waals surface area contributed by atoms with E-state index in [4.69, 9.17) is 10.8 Å². The predicted molar refractivity (Wildman–Crippen MR) is 68.7 cm³/mol. The van der Waals surface area contributed by atoms with Crippen LogP contribution in [0.4, 0.5) is 10.1 Å². The summed E-state index contributed by atoms with van der Waals surface area (Å²) in [5.41, 5.74) is 6.16. The summed E-state index contributed by atoms with van der Waals surface area (Å²) < 4.78 is 13.8. The number of rotatable bonds is 4. The average molecular weight is 254 g/mol. The van der Waals surface area contributed by atoms with Crippen molar-refractivity contribution in [2.45, 2.75) is 26.8 Å². The molecule has 1 aromatic rings. The Morgan fingerprint density at radius 3 is 2.61 bits per heavy atom. The highest BCUT2D eigenvalue weighted by molar-refractivity contribution is 5.95. The number of aliphatic hydroxyl groups is 1. The fourth-order valence-electron chi connectivity index (χ4n) is 1.63. The van der Waals surface area contributed by atoms with E-state index in [0.29, 0.717) is 11.3 Å². The first-order valence-corrected chi connectivity index (χ1v) is 5.84. The van der Waals surface area contributed by atoms with Gasteiger partial charge >= 0.3 is 0 Å². The molecule has 0 fully saturated rings. The van der Waals surface area contributed by atoms with Gasteiger partial charge in [-0.3, -0.25) is 4.79 Å². The number of hydrogen-bond donors (Lipinski definition) is 3. The van der Waals surface area contributed by atoms with E-state index in [2.05, 4.69) is 5.32 Å². The predicted octanol–water partition coefficient (Wildman–Crippen LogP) is 1.46. The minimum atomic E-state index is -0.581. The number of aliphatic hydroxyl groups excluding tert-OH is 1. The second kappa shape index (κ2) is 5.82. The lowest BCUT2D eigenvalue weighted by Crippen LogP contribution is -2.41. The third kappa shape index (κ3) is 3.20. The average Bonchev–Trinajstić information content (AvgIpc) is 2.29. The smallest absolute Gasteiger partial charge is 0.254 e. The number of hydrogen-bond acceptors (Lipinski definition) is 3. The zero-order valence-corrected chi connectivity index (χ0v) is 10.8. The van der Waals surface area contributed by atoms with Crippen molar-refractivity contribution in [3.05, 3.63) is 29.1 Å². The van der Waals surface area contributed by atoms with Crippen LogP contribution in [0.25, 0.3) is 0 Å². The molecule has 1 rings (SSSR count). The molecule has 4 nitrogen and oxygen atoms in total. The first-order valence-electron chi connectivity index (χ1n) is 5.84. The third-order valence-corrected chi connectivity index (χ3v) is 2.84. The fourth-order valence-corrected chi connectivity index (χ4v) is 1.63. The first kappa shape index (κ1) is 14.4. The first-order chi connectivity index (χ1) is 8.36. The number of nitrogens with one attached hydrogen (secondary N) is 1. The van der Waals surface area contributed by atoms with Crippen LogP contribution in [-0.4, -0.2) is 23.7 Å². The maximum atomic E-state index is 13.8. The molecule has 0 saturated heterocycles. The molecule has 100 valence electrons. The molecule has 18 heavy (non-hydrogen) atoms. The van der Waals surface area contributed by atoms with E-state index in [0.717, 1.165) is 0 Å². The van der Waals surface area contributed by atoms with Crippen LogP contribution < -0.4 is 11.1 Å². The summed E-state index contributed by atoms with van der Waals surface area (Å²) in [6.45, 7) is 5.09. The highest BCUT2D eigenvalue weighted by Crippen LogP contribution is 2.17. The second-order valence-corrected chi connectivity index (χ2v) is 4.71. The van der Waals surface area contributed by atoms with Crippen molar-refractivity contribution in [2.24, 2.45) is 5.92 Å². The number of nitrogens with two attached hydrogens (primary N) is 1. The molecule has 0 bridgehead atoms. The fraction of sp³-hybridized carbons (Fsp3) is 0.462. The minimum Gasteiger partial charge on any atom is -0.399 e. The number of benzene rings is 1. The normalized spacial score (nSPS) is 12.6. The van der Waals surface area contributed by atoms with Crippen LogP contribution in [0, 0.1) is 18.7 Å². The molecule has 0 aliphatic carbocycles. The maximum absolute atomic E-state index is 13.8. The van der Waals surface area contributed by atoms with Gasteiger partial charge in [0.05, 0.1) is 18.2 Å². The molecular weight excluding hydrogens is 235 g/mol. The summed E-state index contributed by atoms with van der Waals surface area (Å²) in [5.74, 6) is -1.08. The molecule has 0 radical (unpaired) electrons. The van der Waals surface area contributed by atoms with Crippen molar-refractivity contribution < 1.29 is 14.3 Å². The number of amides is 1. The number of halogens is 1. The molecule has 1 atom stereocenters. The minimum absolute atomic E-state index is 0.0594. The largest absolute Gasteiger partial charge is 0.399 e. The van der Waals surface area contributed by atoms with Gasteiger partial charge in [0, 0.05) is 5.69 Å². The zero-order valence-electron chi connectivity index (χ0n) is 10.8. The monoisotopic (exact) mass is 254 g/mol. The van der Waals surface area contributed by atoms with Gasteiger partial charge in [0.25, 0.3) is 5.91 Å². The van der Waals surface area contributed by atoms with Gasteiger partial charge in [-0.1, -0.05) is 13.8 Å². The summed E-state index contributed by atoms with van der Waals surface area (Å²) in [4.78, 5) is 11.9. The molecule has 0 aromatic heterocycles. The van der Waals surface area contributed by atoms with E-state index in [1.165, 1.54) is 12.1 Å². The molecule has 0 saturated carbocycles.